The first kappa shape index (κ1) is 18.1. The highest BCUT2D eigenvalue weighted by molar-refractivity contribution is 9.10. The third-order valence-corrected chi connectivity index (χ3v) is 4.03. The predicted molar refractivity (Wildman–Crippen MR) is 97.3 cm³/mol. The maximum absolute atomic E-state index is 12.0. The summed E-state index contributed by atoms with van der Waals surface area (Å²) < 4.78 is 11.9. The Labute approximate surface area is 158 Å². The number of carbonyl (C=O) groups is 2. The summed E-state index contributed by atoms with van der Waals surface area (Å²) in [6, 6.07) is 7.08. The van der Waals surface area contributed by atoms with Gasteiger partial charge in [0.1, 0.15) is 5.75 Å². The lowest BCUT2D eigenvalue weighted by molar-refractivity contribution is -0.135. The Morgan fingerprint density at radius 3 is 2.65 bits per heavy atom. The molecule has 1 atom stereocenters. The molecule has 7 nitrogen and oxygen atoms in total. The van der Waals surface area contributed by atoms with Crippen molar-refractivity contribution in [2.45, 2.75) is 27.0 Å². The first-order valence-corrected chi connectivity index (χ1v) is 8.59. The molecule has 0 radical (unpaired) electrons. The SMILES string of the molecule is CC(=O)Oc1ccc(C)cc1C1=NN(C(C)=O)[C@@H](c2cncc(Br)c2)O1. The minimum atomic E-state index is -0.752. The lowest BCUT2D eigenvalue weighted by Gasteiger charge is -2.19. The van der Waals surface area contributed by atoms with Crippen molar-refractivity contribution in [2.24, 2.45) is 5.10 Å². The van der Waals surface area contributed by atoms with Gasteiger partial charge in [-0.2, -0.15) is 5.01 Å². The summed E-state index contributed by atoms with van der Waals surface area (Å²) in [5.74, 6) is -0.222. The number of nitrogens with zero attached hydrogens (tertiary/aromatic N) is 3. The van der Waals surface area contributed by atoms with Crippen molar-refractivity contribution in [3.05, 3.63) is 57.8 Å². The molecular weight excluding hydrogens is 402 g/mol. The van der Waals surface area contributed by atoms with Crippen LogP contribution >= 0.6 is 15.9 Å². The highest BCUT2D eigenvalue weighted by atomic mass is 79.9. The molecule has 0 unspecified atom stereocenters. The molecule has 134 valence electrons. The average Bonchev–Trinajstić information content (AvgIpc) is 3.01. The molecule has 0 N–H and O–H groups in total. The van der Waals surface area contributed by atoms with Crippen LogP contribution in [0, 0.1) is 6.92 Å². The van der Waals surface area contributed by atoms with Gasteiger partial charge >= 0.3 is 5.97 Å². The number of hydrogen-bond acceptors (Lipinski definition) is 6. The van der Waals surface area contributed by atoms with Crippen LogP contribution in [0.15, 0.2) is 46.2 Å². The van der Waals surface area contributed by atoms with Crippen molar-refractivity contribution in [3.63, 3.8) is 0 Å². The van der Waals surface area contributed by atoms with Crippen LogP contribution in [-0.4, -0.2) is 27.8 Å². The topological polar surface area (TPSA) is 81.1 Å². The molecule has 0 aliphatic carbocycles. The van der Waals surface area contributed by atoms with Gasteiger partial charge in [-0.15, -0.1) is 5.10 Å². The zero-order chi connectivity index (χ0) is 18.8. The van der Waals surface area contributed by atoms with Crippen molar-refractivity contribution < 1.29 is 19.1 Å². The molecule has 0 spiro atoms. The highest BCUT2D eigenvalue weighted by Gasteiger charge is 2.34. The number of benzene rings is 1. The van der Waals surface area contributed by atoms with E-state index in [1.54, 1.807) is 30.6 Å². The van der Waals surface area contributed by atoms with Gasteiger partial charge in [-0.1, -0.05) is 11.6 Å². The number of aryl methyl sites for hydroxylation is 1. The van der Waals surface area contributed by atoms with E-state index in [9.17, 15) is 9.59 Å². The van der Waals surface area contributed by atoms with E-state index in [1.807, 2.05) is 13.0 Å². The molecule has 1 aromatic carbocycles. The Bertz CT molecular complexity index is 913. The summed E-state index contributed by atoms with van der Waals surface area (Å²) >= 11 is 3.36. The number of hydrazone groups is 1. The fourth-order valence-electron chi connectivity index (χ4n) is 2.51. The minimum absolute atomic E-state index is 0.199. The van der Waals surface area contributed by atoms with Gasteiger partial charge in [-0.05, 0) is 41.1 Å². The fourth-order valence-corrected chi connectivity index (χ4v) is 2.89. The summed E-state index contributed by atoms with van der Waals surface area (Å²) in [5, 5.41) is 5.53. The molecular formula is C18H16BrN3O4. The van der Waals surface area contributed by atoms with Gasteiger partial charge in [-0.25, -0.2) is 0 Å². The normalized spacial score (nSPS) is 16.1. The quantitative estimate of drug-likeness (QED) is 0.565. The molecule has 1 aromatic heterocycles. The second-order valence-electron chi connectivity index (χ2n) is 5.77. The lowest BCUT2D eigenvalue weighted by Crippen LogP contribution is -2.25. The maximum Gasteiger partial charge on any atom is 0.308 e. The number of amides is 1. The molecule has 1 aliphatic rings. The van der Waals surface area contributed by atoms with E-state index >= 15 is 0 Å². The van der Waals surface area contributed by atoms with Gasteiger partial charge in [0.2, 0.25) is 18.0 Å². The van der Waals surface area contributed by atoms with E-state index in [0.717, 1.165) is 10.0 Å². The van der Waals surface area contributed by atoms with Crippen molar-refractivity contribution in [1.82, 2.24) is 9.99 Å². The molecule has 2 heterocycles. The number of rotatable bonds is 3. The Morgan fingerprint density at radius 1 is 1.23 bits per heavy atom. The number of hydrogen-bond donors (Lipinski definition) is 0. The standard InChI is InChI=1S/C18H16BrN3O4/c1-10-4-5-16(25-12(3)24)15(6-10)17-21-22(11(2)23)18(26-17)13-7-14(19)9-20-8-13/h4-9,18H,1-3H3/t18-/m1/s1. The molecule has 0 bridgehead atoms. The van der Waals surface area contributed by atoms with Crippen LogP contribution in [0.3, 0.4) is 0 Å². The van der Waals surface area contributed by atoms with Crippen LogP contribution in [0.1, 0.15) is 36.8 Å². The maximum atomic E-state index is 12.0. The highest BCUT2D eigenvalue weighted by Crippen LogP contribution is 2.33. The number of halogens is 1. The molecule has 0 fully saturated rings. The smallest absolute Gasteiger partial charge is 0.308 e. The van der Waals surface area contributed by atoms with Crippen molar-refractivity contribution in [2.75, 3.05) is 0 Å². The summed E-state index contributed by atoms with van der Waals surface area (Å²) in [7, 11) is 0. The summed E-state index contributed by atoms with van der Waals surface area (Å²) in [5.41, 5.74) is 2.09. The molecule has 26 heavy (non-hydrogen) atoms. The lowest BCUT2D eigenvalue weighted by atomic mass is 10.1. The molecule has 0 saturated heterocycles. The van der Waals surface area contributed by atoms with E-state index in [0.29, 0.717) is 16.9 Å². The second-order valence-corrected chi connectivity index (χ2v) is 6.68. The zero-order valence-corrected chi connectivity index (χ0v) is 16.0. The van der Waals surface area contributed by atoms with Gasteiger partial charge in [0.15, 0.2) is 0 Å². The fraction of sp³-hybridized carbons (Fsp3) is 0.222. The van der Waals surface area contributed by atoms with Crippen molar-refractivity contribution >= 4 is 33.7 Å². The van der Waals surface area contributed by atoms with Crippen LogP contribution in [-0.2, 0) is 14.3 Å². The first-order valence-electron chi connectivity index (χ1n) is 7.80. The Morgan fingerprint density at radius 2 is 2.00 bits per heavy atom. The number of esters is 1. The molecule has 3 rings (SSSR count). The number of aromatic nitrogens is 1. The van der Waals surface area contributed by atoms with Gasteiger partial charge in [-0.3, -0.25) is 14.6 Å². The van der Waals surface area contributed by atoms with Crippen molar-refractivity contribution in [3.8, 4) is 5.75 Å². The van der Waals surface area contributed by atoms with Crippen LogP contribution in [0.2, 0.25) is 0 Å². The molecule has 0 saturated carbocycles. The third-order valence-electron chi connectivity index (χ3n) is 3.60. The average molecular weight is 418 g/mol. The van der Waals surface area contributed by atoms with Gasteiger partial charge in [0.25, 0.3) is 0 Å². The van der Waals surface area contributed by atoms with Crippen molar-refractivity contribution in [1.29, 1.82) is 0 Å². The number of ether oxygens (including phenoxy) is 2. The molecule has 1 amide bonds. The third kappa shape index (κ3) is 3.75. The number of pyridine rings is 1. The Balaban J connectivity index is 2.02. The Hall–Kier alpha value is -2.74. The summed E-state index contributed by atoms with van der Waals surface area (Å²) in [4.78, 5) is 27.5. The molecule has 2 aromatic rings. The summed E-state index contributed by atoms with van der Waals surface area (Å²) in [6.45, 7) is 4.62. The van der Waals surface area contributed by atoms with Gasteiger partial charge in [0, 0.05) is 36.3 Å². The predicted octanol–water partition coefficient (Wildman–Crippen LogP) is 3.32. The summed E-state index contributed by atoms with van der Waals surface area (Å²) in [6.07, 6.45) is 2.49. The zero-order valence-electron chi connectivity index (χ0n) is 14.4. The first-order chi connectivity index (χ1) is 12.3. The van der Waals surface area contributed by atoms with Gasteiger partial charge in [0.05, 0.1) is 5.56 Å². The van der Waals surface area contributed by atoms with Crippen LogP contribution in [0.25, 0.3) is 0 Å². The number of carbonyl (C=O) groups excluding carboxylic acids is 2. The van der Waals surface area contributed by atoms with Gasteiger partial charge < -0.3 is 9.47 Å². The largest absolute Gasteiger partial charge is 0.446 e. The Kier molecular flexibility index (Phi) is 5.03. The second kappa shape index (κ2) is 7.25. The minimum Gasteiger partial charge on any atom is -0.446 e. The van der Waals surface area contributed by atoms with Crippen LogP contribution in [0.4, 0.5) is 0 Å². The molecule has 1 aliphatic heterocycles. The monoisotopic (exact) mass is 417 g/mol. The van der Waals surface area contributed by atoms with E-state index in [4.69, 9.17) is 9.47 Å². The van der Waals surface area contributed by atoms with E-state index < -0.39 is 12.2 Å². The molecule has 8 heteroatoms. The van der Waals surface area contributed by atoms with E-state index in [1.165, 1.54) is 18.9 Å². The van der Waals surface area contributed by atoms with Crippen LogP contribution in [0.5, 0.6) is 5.75 Å². The van der Waals surface area contributed by atoms with E-state index in [2.05, 4.69) is 26.0 Å². The van der Waals surface area contributed by atoms with Crippen LogP contribution < -0.4 is 4.74 Å². The van der Waals surface area contributed by atoms with E-state index in [-0.39, 0.29) is 11.8 Å².